The summed E-state index contributed by atoms with van der Waals surface area (Å²) in [5.41, 5.74) is 0.599. The molecule has 0 spiro atoms. The molecule has 0 aliphatic heterocycles. The molecule has 0 saturated heterocycles. The van der Waals surface area contributed by atoms with E-state index in [0.29, 0.717) is 10.2 Å². The van der Waals surface area contributed by atoms with Gasteiger partial charge in [0.15, 0.2) is 0 Å². The van der Waals surface area contributed by atoms with Gasteiger partial charge in [0, 0.05) is 11.4 Å². The monoisotopic (exact) mass is 333 g/mol. The molecule has 122 valence electrons. The van der Waals surface area contributed by atoms with E-state index < -0.39 is 23.8 Å². The number of rotatable bonds is 4. The molecule has 2 heterocycles. The van der Waals surface area contributed by atoms with Gasteiger partial charge in [-0.25, -0.2) is 4.79 Å². The summed E-state index contributed by atoms with van der Waals surface area (Å²) in [5, 5.41) is 11.4. The zero-order valence-corrected chi connectivity index (χ0v) is 13.7. The highest BCUT2D eigenvalue weighted by Gasteiger charge is 2.23. The second-order valence-corrected chi connectivity index (χ2v) is 7.06. The average Bonchev–Trinajstić information content (AvgIpc) is 2.87. The molecule has 0 radical (unpaired) electrons. The number of aliphatic carboxylic acids is 1. The van der Waals surface area contributed by atoms with Crippen molar-refractivity contribution in [2.24, 2.45) is 0 Å². The predicted octanol–water partition coefficient (Wildman–Crippen LogP) is 0.429. The SMILES string of the molecule is C=C(C)Cn1c(=O)n(CC(=O)[O-])c(=O)c2c3c(sc21)CCCC3. The van der Waals surface area contributed by atoms with Crippen molar-refractivity contribution < 1.29 is 9.90 Å². The number of hydrogen-bond acceptors (Lipinski definition) is 5. The first kappa shape index (κ1) is 15.7. The number of aryl methyl sites for hydroxylation is 2. The lowest BCUT2D eigenvalue weighted by atomic mass is 9.97. The number of carboxylic acids is 1. The zero-order chi connectivity index (χ0) is 16.7. The van der Waals surface area contributed by atoms with Gasteiger partial charge >= 0.3 is 5.69 Å². The van der Waals surface area contributed by atoms with Crippen molar-refractivity contribution in [1.29, 1.82) is 0 Å². The number of allylic oxidation sites excluding steroid dienone is 1. The minimum atomic E-state index is -1.45. The Morgan fingerprint density at radius 1 is 1.22 bits per heavy atom. The van der Waals surface area contributed by atoms with Gasteiger partial charge in [-0.1, -0.05) is 12.2 Å². The van der Waals surface area contributed by atoms with Crippen molar-refractivity contribution in [3.8, 4) is 0 Å². The molecule has 1 aliphatic rings. The molecule has 6 nitrogen and oxygen atoms in total. The van der Waals surface area contributed by atoms with Crippen molar-refractivity contribution in [3.05, 3.63) is 43.4 Å². The smallest absolute Gasteiger partial charge is 0.332 e. The lowest BCUT2D eigenvalue weighted by Gasteiger charge is -2.13. The zero-order valence-electron chi connectivity index (χ0n) is 12.9. The van der Waals surface area contributed by atoms with Gasteiger partial charge in [0.2, 0.25) is 0 Å². The fourth-order valence-corrected chi connectivity index (χ4v) is 4.47. The standard InChI is InChI=1S/C16H18N2O4S/c1-9(2)7-18-15-13(10-5-3-4-6-11(10)23-15)14(21)17(16(18)22)8-12(19)20/h1,3-8H2,2H3,(H,19,20)/p-1. The number of carbonyl (C=O) groups excluding carboxylic acids is 1. The van der Waals surface area contributed by atoms with E-state index in [4.69, 9.17) is 0 Å². The lowest BCUT2D eigenvalue weighted by Crippen LogP contribution is -2.44. The summed E-state index contributed by atoms with van der Waals surface area (Å²) in [7, 11) is 0. The van der Waals surface area contributed by atoms with Gasteiger partial charge in [-0.05, 0) is 38.2 Å². The fraction of sp³-hybridized carbons (Fsp3) is 0.438. The summed E-state index contributed by atoms with van der Waals surface area (Å²) < 4.78 is 2.23. The molecule has 7 heteroatoms. The molecule has 0 amide bonds. The van der Waals surface area contributed by atoms with E-state index >= 15 is 0 Å². The minimum Gasteiger partial charge on any atom is -0.548 e. The van der Waals surface area contributed by atoms with Crippen LogP contribution in [0.5, 0.6) is 0 Å². The van der Waals surface area contributed by atoms with Crippen LogP contribution in [0, 0.1) is 0 Å². The van der Waals surface area contributed by atoms with E-state index in [9.17, 15) is 19.5 Å². The Morgan fingerprint density at radius 2 is 1.91 bits per heavy atom. The molecular formula is C16H17N2O4S-. The summed E-state index contributed by atoms with van der Waals surface area (Å²) in [6.45, 7) is 5.15. The first-order valence-electron chi connectivity index (χ1n) is 7.52. The molecule has 0 atom stereocenters. The molecule has 2 aromatic rings. The summed E-state index contributed by atoms with van der Waals surface area (Å²) >= 11 is 1.47. The van der Waals surface area contributed by atoms with E-state index in [1.807, 2.05) is 0 Å². The van der Waals surface area contributed by atoms with Crippen LogP contribution in [0.15, 0.2) is 21.7 Å². The molecule has 3 rings (SSSR count). The van der Waals surface area contributed by atoms with E-state index in [2.05, 4.69) is 6.58 Å². The molecule has 0 N–H and O–H groups in total. The molecule has 1 aliphatic carbocycles. The summed E-state index contributed by atoms with van der Waals surface area (Å²) in [5.74, 6) is -1.45. The summed E-state index contributed by atoms with van der Waals surface area (Å²) in [6, 6.07) is 0. The third-order valence-electron chi connectivity index (χ3n) is 4.03. The van der Waals surface area contributed by atoms with Gasteiger partial charge in [-0.2, -0.15) is 0 Å². The maximum absolute atomic E-state index is 12.7. The molecular weight excluding hydrogens is 316 g/mol. The second-order valence-electron chi connectivity index (χ2n) is 5.98. The molecule has 0 fully saturated rings. The third kappa shape index (κ3) is 2.65. The maximum Gasteiger partial charge on any atom is 0.332 e. The first-order chi connectivity index (χ1) is 10.9. The number of aromatic nitrogens is 2. The Morgan fingerprint density at radius 3 is 2.57 bits per heavy atom. The largest absolute Gasteiger partial charge is 0.548 e. The van der Waals surface area contributed by atoms with Crippen LogP contribution in [0.4, 0.5) is 0 Å². The van der Waals surface area contributed by atoms with Crippen LogP contribution < -0.4 is 16.4 Å². The van der Waals surface area contributed by atoms with Crippen LogP contribution in [0.2, 0.25) is 0 Å². The number of thiophene rings is 1. The molecule has 0 saturated carbocycles. The van der Waals surface area contributed by atoms with Gasteiger partial charge in [0.1, 0.15) is 4.83 Å². The van der Waals surface area contributed by atoms with Crippen molar-refractivity contribution in [3.63, 3.8) is 0 Å². The topological polar surface area (TPSA) is 84.1 Å². The van der Waals surface area contributed by atoms with E-state index in [1.165, 1.54) is 15.9 Å². The quantitative estimate of drug-likeness (QED) is 0.760. The van der Waals surface area contributed by atoms with Gasteiger partial charge in [-0.15, -0.1) is 11.3 Å². The fourth-order valence-electron chi connectivity index (χ4n) is 3.09. The summed E-state index contributed by atoms with van der Waals surface area (Å²) in [6.07, 6.45) is 3.76. The molecule has 0 bridgehead atoms. The van der Waals surface area contributed by atoms with Crippen LogP contribution in [0.3, 0.4) is 0 Å². The highest BCUT2D eigenvalue weighted by Crippen LogP contribution is 2.34. The Hall–Kier alpha value is -2.15. The van der Waals surface area contributed by atoms with Crippen molar-refractivity contribution in [1.82, 2.24) is 9.13 Å². The summed E-state index contributed by atoms with van der Waals surface area (Å²) in [4.78, 5) is 38.0. The Balaban J connectivity index is 2.40. The van der Waals surface area contributed by atoms with E-state index in [0.717, 1.165) is 46.3 Å². The number of hydrogen-bond donors (Lipinski definition) is 0. The molecule has 0 aromatic carbocycles. The van der Waals surface area contributed by atoms with E-state index in [1.54, 1.807) is 6.92 Å². The second kappa shape index (κ2) is 5.81. The molecule has 23 heavy (non-hydrogen) atoms. The third-order valence-corrected chi connectivity index (χ3v) is 5.35. The van der Waals surface area contributed by atoms with Crippen LogP contribution in [-0.2, 0) is 30.7 Å². The number of carbonyl (C=O) groups is 1. The van der Waals surface area contributed by atoms with Gasteiger partial charge in [0.05, 0.1) is 17.9 Å². The van der Waals surface area contributed by atoms with Crippen molar-refractivity contribution in [2.45, 2.75) is 45.7 Å². The van der Waals surface area contributed by atoms with Crippen molar-refractivity contribution >= 4 is 27.5 Å². The number of carboxylic acid groups (broad SMARTS) is 1. The normalized spacial score (nSPS) is 14.0. The van der Waals surface area contributed by atoms with Crippen LogP contribution in [-0.4, -0.2) is 15.1 Å². The highest BCUT2D eigenvalue weighted by molar-refractivity contribution is 7.18. The van der Waals surface area contributed by atoms with Gasteiger partial charge in [0.25, 0.3) is 5.56 Å². The average molecular weight is 333 g/mol. The molecule has 0 unspecified atom stereocenters. The number of fused-ring (bicyclic) bond motifs is 3. The van der Waals surface area contributed by atoms with E-state index in [-0.39, 0.29) is 6.54 Å². The lowest BCUT2D eigenvalue weighted by molar-refractivity contribution is -0.306. The Kier molecular flexibility index (Phi) is 3.97. The first-order valence-corrected chi connectivity index (χ1v) is 8.34. The molecule has 2 aromatic heterocycles. The van der Waals surface area contributed by atoms with Gasteiger partial charge < -0.3 is 9.90 Å². The highest BCUT2D eigenvalue weighted by atomic mass is 32.1. The van der Waals surface area contributed by atoms with Gasteiger partial charge in [-0.3, -0.25) is 13.9 Å². The Bertz CT molecular complexity index is 932. The van der Waals surface area contributed by atoms with Crippen LogP contribution >= 0.6 is 11.3 Å². The van der Waals surface area contributed by atoms with Crippen LogP contribution in [0.25, 0.3) is 10.2 Å². The minimum absolute atomic E-state index is 0.266. The van der Waals surface area contributed by atoms with Crippen molar-refractivity contribution in [2.75, 3.05) is 0 Å². The Labute approximate surface area is 136 Å². The number of nitrogens with zero attached hydrogens (tertiary/aromatic N) is 2. The van der Waals surface area contributed by atoms with Crippen LogP contribution in [0.1, 0.15) is 30.2 Å². The maximum atomic E-state index is 12.7. The predicted molar refractivity (Wildman–Crippen MR) is 86.8 cm³/mol.